The highest BCUT2D eigenvalue weighted by Gasteiger charge is 2.03. The molecule has 0 aromatic carbocycles. The molecule has 0 unspecified atom stereocenters. The summed E-state index contributed by atoms with van der Waals surface area (Å²) in [7, 11) is 0. The van der Waals surface area contributed by atoms with Crippen LogP contribution in [-0.2, 0) is 0 Å². The summed E-state index contributed by atoms with van der Waals surface area (Å²) < 4.78 is 11.6. The summed E-state index contributed by atoms with van der Waals surface area (Å²) in [5.41, 5.74) is 0. The Morgan fingerprint density at radius 2 is 0.744 bits per heavy atom. The number of H-pyrrole nitrogens is 1. The first-order valence-electron chi connectivity index (χ1n) is 17.7. The van der Waals surface area contributed by atoms with Gasteiger partial charge in [-0.2, -0.15) is 0 Å². The molecule has 1 heterocycles. The van der Waals surface area contributed by atoms with Gasteiger partial charge in [-0.05, 0) is 12.8 Å². The van der Waals surface area contributed by atoms with E-state index < -0.39 is 0 Å². The third kappa shape index (κ3) is 25.5. The van der Waals surface area contributed by atoms with Gasteiger partial charge in [0, 0.05) is 0 Å². The van der Waals surface area contributed by atoms with E-state index in [1.54, 1.807) is 0 Å². The lowest BCUT2D eigenvalue weighted by Gasteiger charge is -2.04. The highest BCUT2D eigenvalue weighted by molar-refractivity contribution is 5.18. The fourth-order valence-corrected chi connectivity index (χ4v) is 5.39. The first kappa shape index (κ1) is 35.8. The van der Waals surface area contributed by atoms with Gasteiger partial charge in [-0.25, -0.2) is 5.10 Å². The smallest absolute Gasteiger partial charge is 0.236 e. The van der Waals surface area contributed by atoms with Crippen molar-refractivity contribution in [2.75, 3.05) is 13.2 Å². The number of ether oxygens (including phenoxy) is 2. The zero-order valence-electron chi connectivity index (χ0n) is 26.6. The maximum atomic E-state index is 5.82. The van der Waals surface area contributed by atoms with E-state index in [4.69, 9.17) is 9.47 Å². The van der Waals surface area contributed by atoms with Gasteiger partial charge in [-0.3, -0.25) is 0 Å². The number of nitrogens with zero attached hydrogens (tertiary/aromatic N) is 1. The lowest BCUT2D eigenvalue weighted by molar-refractivity contribution is 0.290. The van der Waals surface area contributed by atoms with E-state index in [1.807, 2.05) is 6.07 Å². The van der Waals surface area contributed by atoms with Gasteiger partial charge < -0.3 is 9.47 Å². The predicted molar refractivity (Wildman–Crippen MR) is 170 cm³/mol. The zero-order valence-corrected chi connectivity index (χ0v) is 26.6. The van der Waals surface area contributed by atoms with Crippen molar-refractivity contribution in [3.8, 4) is 11.8 Å². The molecule has 0 fully saturated rings. The summed E-state index contributed by atoms with van der Waals surface area (Å²) in [4.78, 5) is 0. The Morgan fingerprint density at radius 1 is 0.436 bits per heavy atom. The van der Waals surface area contributed by atoms with Crippen molar-refractivity contribution in [3.63, 3.8) is 0 Å². The minimum absolute atomic E-state index is 0.667. The van der Waals surface area contributed by atoms with Crippen molar-refractivity contribution in [2.24, 2.45) is 0 Å². The van der Waals surface area contributed by atoms with Crippen molar-refractivity contribution in [1.82, 2.24) is 10.2 Å². The lowest BCUT2D eigenvalue weighted by atomic mass is 10.0. The van der Waals surface area contributed by atoms with Gasteiger partial charge in [0.05, 0.1) is 19.3 Å². The molecule has 1 aromatic heterocycles. The molecule has 0 radical (unpaired) electrons. The average Bonchev–Trinajstić information content (AvgIpc) is 3.40. The van der Waals surface area contributed by atoms with Gasteiger partial charge in [0.25, 0.3) is 0 Å². The second-order valence-electron chi connectivity index (χ2n) is 12.0. The second kappa shape index (κ2) is 29.8. The molecular weight excluding hydrogens is 480 g/mol. The van der Waals surface area contributed by atoms with E-state index in [9.17, 15) is 0 Å². The molecule has 1 N–H and O–H groups in total. The largest absolute Gasteiger partial charge is 0.478 e. The predicted octanol–water partition coefficient (Wildman–Crippen LogP) is 12.1. The number of hydrogen-bond donors (Lipinski definition) is 1. The summed E-state index contributed by atoms with van der Waals surface area (Å²) in [5.74, 6) is 1.40. The van der Waals surface area contributed by atoms with Crippen LogP contribution in [0.15, 0.2) is 6.07 Å². The third-order valence-electron chi connectivity index (χ3n) is 8.03. The first-order chi connectivity index (χ1) is 19.4. The van der Waals surface area contributed by atoms with Crippen LogP contribution in [0.3, 0.4) is 0 Å². The molecule has 0 aliphatic carbocycles. The number of aromatic nitrogens is 2. The van der Waals surface area contributed by atoms with Crippen LogP contribution in [-0.4, -0.2) is 23.4 Å². The summed E-state index contributed by atoms with van der Waals surface area (Å²) in [6, 6.07) is 1.90. The van der Waals surface area contributed by atoms with Crippen molar-refractivity contribution in [2.45, 2.75) is 194 Å². The molecule has 0 spiro atoms. The van der Waals surface area contributed by atoms with Crippen LogP contribution >= 0.6 is 0 Å². The second-order valence-corrected chi connectivity index (χ2v) is 12.0. The number of unbranched alkanes of at least 4 members (excludes halogenated alkanes) is 26. The van der Waals surface area contributed by atoms with E-state index >= 15 is 0 Å². The third-order valence-corrected chi connectivity index (χ3v) is 8.03. The summed E-state index contributed by atoms with van der Waals surface area (Å²) in [5, 5.41) is 7.20. The van der Waals surface area contributed by atoms with Crippen molar-refractivity contribution in [3.05, 3.63) is 6.07 Å². The monoisotopic (exact) mass is 549 g/mol. The van der Waals surface area contributed by atoms with Crippen LogP contribution in [0.5, 0.6) is 11.8 Å². The van der Waals surface area contributed by atoms with Crippen LogP contribution in [0.2, 0.25) is 0 Å². The van der Waals surface area contributed by atoms with E-state index in [1.165, 1.54) is 167 Å². The normalized spacial score (nSPS) is 11.3. The summed E-state index contributed by atoms with van der Waals surface area (Å²) in [6.45, 7) is 6.10. The molecular formula is C35H68N2O2. The van der Waals surface area contributed by atoms with Crippen LogP contribution in [0.25, 0.3) is 0 Å². The molecule has 0 aliphatic heterocycles. The van der Waals surface area contributed by atoms with Gasteiger partial charge in [0.15, 0.2) is 0 Å². The van der Waals surface area contributed by atoms with Crippen LogP contribution in [0.4, 0.5) is 0 Å². The van der Waals surface area contributed by atoms with Gasteiger partial charge >= 0.3 is 0 Å². The summed E-state index contributed by atoms with van der Waals surface area (Å²) >= 11 is 0. The number of rotatable bonds is 32. The van der Waals surface area contributed by atoms with E-state index in [2.05, 4.69) is 24.0 Å². The highest BCUT2D eigenvalue weighted by Crippen LogP contribution is 2.17. The minimum Gasteiger partial charge on any atom is -0.478 e. The highest BCUT2D eigenvalue weighted by atomic mass is 16.5. The average molecular weight is 549 g/mol. The van der Waals surface area contributed by atoms with E-state index in [0.717, 1.165) is 31.9 Å². The zero-order chi connectivity index (χ0) is 27.9. The minimum atomic E-state index is 0.667. The van der Waals surface area contributed by atoms with Gasteiger partial charge in [-0.1, -0.05) is 181 Å². The van der Waals surface area contributed by atoms with Crippen LogP contribution in [0.1, 0.15) is 194 Å². The fourth-order valence-electron chi connectivity index (χ4n) is 5.39. The molecule has 0 bridgehead atoms. The van der Waals surface area contributed by atoms with Crippen molar-refractivity contribution >= 4 is 0 Å². The molecule has 1 rings (SSSR count). The van der Waals surface area contributed by atoms with Gasteiger partial charge in [-0.15, -0.1) is 5.10 Å². The van der Waals surface area contributed by atoms with E-state index in [0.29, 0.717) is 5.88 Å². The van der Waals surface area contributed by atoms with Crippen molar-refractivity contribution < 1.29 is 9.47 Å². The Morgan fingerprint density at radius 3 is 1.10 bits per heavy atom. The van der Waals surface area contributed by atoms with Gasteiger partial charge in [0.1, 0.15) is 0 Å². The molecule has 0 amide bonds. The van der Waals surface area contributed by atoms with Crippen LogP contribution in [0, 0.1) is 0 Å². The maximum absolute atomic E-state index is 5.82. The topological polar surface area (TPSA) is 47.1 Å². The van der Waals surface area contributed by atoms with Gasteiger partial charge in [0.2, 0.25) is 11.8 Å². The quantitative estimate of drug-likeness (QED) is 0.0910. The molecule has 0 atom stereocenters. The standard InChI is InChI=1S/C35H68N2O2/c1-3-5-7-9-11-13-15-17-19-21-23-25-27-29-31-38-34-33-35(37-36-34)39-32-30-28-26-24-22-20-18-16-14-12-10-8-6-4-2/h33H,3-32H2,1-2H3,(H,36,37). The molecule has 1 aromatic rings. The molecule has 0 saturated heterocycles. The summed E-state index contributed by atoms with van der Waals surface area (Å²) in [6.07, 6.45) is 38.6. The Kier molecular flexibility index (Phi) is 27.4. The Labute approximate surface area is 244 Å². The lowest BCUT2D eigenvalue weighted by Crippen LogP contribution is -1.97. The number of nitrogens with one attached hydrogen (secondary N) is 1. The van der Waals surface area contributed by atoms with Crippen molar-refractivity contribution in [1.29, 1.82) is 0 Å². The Hall–Kier alpha value is -1.19. The molecule has 39 heavy (non-hydrogen) atoms. The first-order valence-corrected chi connectivity index (χ1v) is 17.7. The van der Waals surface area contributed by atoms with Crippen LogP contribution < -0.4 is 9.47 Å². The molecule has 4 nitrogen and oxygen atoms in total. The molecule has 0 aliphatic rings. The molecule has 0 saturated carbocycles. The molecule has 4 heteroatoms. The molecule has 230 valence electrons. The van der Waals surface area contributed by atoms with E-state index in [-0.39, 0.29) is 0 Å². The SMILES string of the molecule is CCCCCCCCCCCCCCCCOc1cc(OCCCCCCCCCCCCCCCC)[nH]n1. The Balaban J connectivity index is 1.79. The number of aromatic amines is 1. The maximum Gasteiger partial charge on any atom is 0.236 e. The number of hydrogen-bond acceptors (Lipinski definition) is 3. The Bertz CT molecular complexity index is 540. The fraction of sp³-hybridized carbons (Fsp3) is 0.914.